The number of hydrogen-bond acceptors (Lipinski definition) is 5. The van der Waals surface area contributed by atoms with E-state index in [-0.39, 0.29) is 5.62 Å². The van der Waals surface area contributed by atoms with Crippen molar-refractivity contribution >= 4 is 28.5 Å². The van der Waals surface area contributed by atoms with Gasteiger partial charge in [0.15, 0.2) is 5.65 Å². The number of nitrogen functional groups attached to an aromatic ring is 1. The highest BCUT2D eigenvalue weighted by molar-refractivity contribution is 6.17. The van der Waals surface area contributed by atoms with Crippen LogP contribution in [0.25, 0.3) is 11.0 Å². The van der Waals surface area contributed by atoms with Crippen LogP contribution in [0, 0.1) is 5.41 Å². The second kappa shape index (κ2) is 4.01. The molecule has 4 N–H and O–H groups in total. The largest absolute Gasteiger partial charge is 0.383 e. The molecule has 0 amide bonds. The van der Waals surface area contributed by atoms with Gasteiger partial charge >= 0.3 is 0 Å². The predicted molar refractivity (Wildman–Crippen MR) is 61.8 cm³/mol. The fraction of sp³-hybridized carbons (Fsp3) is 0.375. The predicted octanol–water partition coefficient (Wildman–Crippen LogP) is -0.293. The van der Waals surface area contributed by atoms with E-state index in [2.05, 4.69) is 15.5 Å². The first-order valence-electron chi connectivity index (χ1n) is 4.71. The summed E-state index contributed by atoms with van der Waals surface area (Å²) in [5.41, 5.74) is 9.28. The van der Waals surface area contributed by atoms with Crippen molar-refractivity contribution in [1.82, 2.24) is 19.4 Å². The van der Waals surface area contributed by atoms with Crippen LogP contribution in [0.1, 0.15) is 0 Å². The quantitative estimate of drug-likeness (QED) is 0.643. The Labute approximate surface area is 96.3 Å². The molecular formula is C8H12ClN7. The van der Waals surface area contributed by atoms with Crippen LogP contribution < -0.4 is 16.8 Å². The fourth-order valence-corrected chi connectivity index (χ4v) is 1.69. The van der Waals surface area contributed by atoms with Crippen LogP contribution in [0.2, 0.25) is 0 Å². The number of nitrogens with zero attached hydrogens (tertiary/aromatic N) is 4. The highest BCUT2D eigenvalue weighted by Gasteiger charge is 2.10. The van der Waals surface area contributed by atoms with Gasteiger partial charge in [-0.3, -0.25) is 5.41 Å². The van der Waals surface area contributed by atoms with Crippen LogP contribution in [-0.4, -0.2) is 32.4 Å². The Morgan fingerprint density at radius 3 is 3.00 bits per heavy atom. The minimum absolute atomic E-state index is 0.0313. The third-order valence-corrected chi connectivity index (χ3v) is 2.44. The van der Waals surface area contributed by atoms with E-state index in [1.807, 2.05) is 0 Å². The normalized spacial score (nSPS) is 10.9. The van der Waals surface area contributed by atoms with E-state index in [0.717, 1.165) is 0 Å². The number of hydrogen-bond donors (Lipinski definition) is 3. The molecule has 8 heteroatoms. The number of rotatable bonds is 3. The van der Waals surface area contributed by atoms with Crippen molar-refractivity contribution in [3.8, 4) is 0 Å². The smallest absolute Gasteiger partial charge is 0.244 e. The van der Waals surface area contributed by atoms with Gasteiger partial charge in [-0.05, 0) is 0 Å². The standard InChI is InChI=1S/C8H12ClN7/c1-12-16-6(10)5-4-13-15(3-2-9)7(5)14-8(16)11/h4,11-12H,2-3,10H2,1H3. The molecule has 2 rings (SSSR count). The van der Waals surface area contributed by atoms with E-state index in [9.17, 15) is 0 Å². The molecule has 0 aliphatic carbocycles. The third-order valence-electron chi connectivity index (χ3n) is 2.27. The van der Waals surface area contributed by atoms with Crippen molar-refractivity contribution in [3.63, 3.8) is 0 Å². The summed E-state index contributed by atoms with van der Waals surface area (Å²) in [6, 6.07) is 0. The number of aromatic nitrogens is 4. The number of fused-ring (bicyclic) bond motifs is 1. The minimum Gasteiger partial charge on any atom is -0.383 e. The van der Waals surface area contributed by atoms with Gasteiger partial charge in [-0.1, -0.05) is 0 Å². The van der Waals surface area contributed by atoms with Gasteiger partial charge in [0.05, 0.1) is 18.1 Å². The van der Waals surface area contributed by atoms with Crippen LogP contribution in [0.15, 0.2) is 6.20 Å². The first kappa shape index (κ1) is 10.7. The van der Waals surface area contributed by atoms with Crippen LogP contribution >= 0.6 is 11.6 Å². The van der Waals surface area contributed by atoms with Crippen molar-refractivity contribution in [2.45, 2.75) is 6.54 Å². The molecule has 0 fully saturated rings. The molecule has 0 aromatic carbocycles. The van der Waals surface area contributed by atoms with Crippen molar-refractivity contribution in [3.05, 3.63) is 11.8 Å². The van der Waals surface area contributed by atoms with Crippen LogP contribution in [0.3, 0.4) is 0 Å². The summed E-state index contributed by atoms with van der Waals surface area (Å²) in [6.07, 6.45) is 1.62. The molecule has 7 nitrogen and oxygen atoms in total. The zero-order valence-electron chi connectivity index (χ0n) is 8.74. The van der Waals surface area contributed by atoms with Crippen LogP contribution in [0.4, 0.5) is 5.82 Å². The maximum atomic E-state index is 7.70. The molecule has 0 aliphatic heterocycles. The van der Waals surface area contributed by atoms with E-state index < -0.39 is 0 Å². The van der Waals surface area contributed by atoms with Crippen molar-refractivity contribution in [1.29, 1.82) is 5.41 Å². The third kappa shape index (κ3) is 1.49. The summed E-state index contributed by atoms with van der Waals surface area (Å²) < 4.78 is 3.02. The zero-order valence-corrected chi connectivity index (χ0v) is 9.49. The molecule has 2 aromatic heterocycles. The van der Waals surface area contributed by atoms with Gasteiger partial charge in [-0.25, -0.2) is 9.36 Å². The number of halogens is 1. The molecule has 86 valence electrons. The van der Waals surface area contributed by atoms with E-state index in [0.29, 0.717) is 29.3 Å². The highest BCUT2D eigenvalue weighted by Crippen LogP contribution is 2.15. The van der Waals surface area contributed by atoms with Gasteiger partial charge < -0.3 is 11.2 Å². The lowest BCUT2D eigenvalue weighted by Gasteiger charge is -2.09. The van der Waals surface area contributed by atoms with E-state index in [1.54, 1.807) is 17.9 Å². The number of alkyl halides is 1. The Hall–Kier alpha value is -1.76. The lowest BCUT2D eigenvalue weighted by atomic mass is 10.4. The van der Waals surface area contributed by atoms with Gasteiger partial charge in [-0.15, -0.1) is 11.6 Å². The molecule has 0 atom stereocenters. The van der Waals surface area contributed by atoms with Crippen molar-refractivity contribution in [2.24, 2.45) is 0 Å². The number of anilines is 1. The van der Waals surface area contributed by atoms with Gasteiger partial charge in [0.2, 0.25) is 5.62 Å². The van der Waals surface area contributed by atoms with Gasteiger partial charge in [-0.2, -0.15) is 10.1 Å². The van der Waals surface area contributed by atoms with Crippen molar-refractivity contribution in [2.75, 3.05) is 24.1 Å². The Kier molecular flexibility index (Phi) is 2.69. The molecule has 0 saturated carbocycles. The Bertz CT molecular complexity index is 570. The Morgan fingerprint density at radius 1 is 1.62 bits per heavy atom. The summed E-state index contributed by atoms with van der Waals surface area (Å²) in [4.78, 5) is 4.11. The van der Waals surface area contributed by atoms with Crippen molar-refractivity contribution < 1.29 is 0 Å². The second-order valence-electron chi connectivity index (χ2n) is 3.17. The molecule has 2 heterocycles. The lowest BCUT2D eigenvalue weighted by Crippen LogP contribution is -2.31. The second-order valence-corrected chi connectivity index (χ2v) is 3.55. The first-order chi connectivity index (χ1) is 7.69. The van der Waals surface area contributed by atoms with E-state index in [4.69, 9.17) is 22.7 Å². The SMILES string of the molecule is CNn1c(N)c2cnn(CCCl)c2nc1=N. The Morgan fingerprint density at radius 2 is 2.38 bits per heavy atom. The minimum atomic E-state index is 0.0313. The molecule has 0 spiro atoms. The topological polar surface area (TPSA) is 97.5 Å². The molecule has 0 aliphatic rings. The molecule has 0 bridgehead atoms. The zero-order chi connectivity index (χ0) is 11.7. The Balaban J connectivity index is 2.74. The number of nitrogens with one attached hydrogen (secondary N) is 2. The molecule has 0 radical (unpaired) electrons. The maximum absolute atomic E-state index is 7.70. The van der Waals surface area contributed by atoms with Crippen LogP contribution in [-0.2, 0) is 6.54 Å². The summed E-state index contributed by atoms with van der Waals surface area (Å²) >= 11 is 5.65. The summed E-state index contributed by atoms with van der Waals surface area (Å²) in [7, 11) is 1.67. The molecule has 0 unspecified atom stereocenters. The lowest BCUT2D eigenvalue weighted by molar-refractivity contribution is 0.674. The van der Waals surface area contributed by atoms with Gasteiger partial charge in [0.25, 0.3) is 0 Å². The summed E-state index contributed by atoms with van der Waals surface area (Å²) in [6.45, 7) is 0.542. The summed E-state index contributed by atoms with van der Waals surface area (Å²) in [5, 5.41) is 12.5. The monoisotopic (exact) mass is 241 g/mol. The van der Waals surface area contributed by atoms with Gasteiger partial charge in [0.1, 0.15) is 5.82 Å². The average Bonchev–Trinajstić information content (AvgIpc) is 2.63. The first-order valence-corrected chi connectivity index (χ1v) is 5.25. The van der Waals surface area contributed by atoms with Crippen LogP contribution in [0.5, 0.6) is 0 Å². The molecule has 2 aromatic rings. The maximum Gasteiger partial charge on any atom is 0.244 e. The number of nitrogens with two attached hydrogens (primary N) is 1. The van der Waals surface area contributed by atoms with Gasteiger partial charge in [0, 0.05) is 12.9 Å². The average molecular weight is 242 g/mol. The summed E-state index contributed by atoms with van der Waals surface area (Å²) in [5.74, 6) is 0.852. The molecule has 16 heavy (non-hydrogen) atoms. The number of aryl methyl sites for hydroxylation is 1. The molecular weight excluding hydrogens is 230 g/mol. The highest BCUT2D eigenvalue weighted by atomic mass is 35.5. The fourth-order valence-electron chi connectivity index (χ4n) is 1.53. The van der Waals surface area contributed by atoms with E-state index >= 15 is 0 Å². The molecule has 0 saturated heterocycles. The van der Waals surface area contributed by atoms with E-state index in [1.165, 1.54) is 4.68 Å².